The lowest BCUT2D eigenvalue weighted by Gasteiger charge is -2.28. The molecule has 2 heterocycles. The summed E-state index contributed by atoms with van der Waals surface area (Å²) in [7, 11) is 0. The zero-order chi connectivity index (χ0) is 15.5. The number of nitrogens with one attached hydrogen (secondary N) is 2. The number of carbonyl (C=O) groups excluding carboxylic acids is 2. The van der Waals surface area contributed by atoms with Crippen LogP contribution in [0.5, 0.6) is 0 Å². The molecule has 0 aromatic heterocycles. The van der Waals surface area contributed by atoms with E-state index in [-0.39, 0.29) is 23.8 Å². The molecule has 0 radical (unpaired) electrons. The van der Waals surface area contributed by atoms with Crippen LogP contribution in [-0.4, -0.2) is 37.0 Å². The Labute approximate surface area is 131 Å². The molecule has 2 fully saturated rings. The normalized spacial score (nSPS) is 28.7. The minimum Gasteiger partial charge on any atom is -0.344 e. The van der Waals surface area contributed by atoms with E-state index < -0.39 is 0 Å². The first-order valence-corrected chi connectivity index (χ1v) is 8.05. The quantitative estimate of drug-likeness (QED) is 0.884. The highest BCUT2D eigenvalue weighted by Crippen LogP contribution is 2.22. The number of para-hydroxylation sites is 1. The lowest BCUT2D eigenvalue weighted by Crippen LogP contribution is -2.47. The van der Waals surface area contributed by atoms with Gasteiger partial charge in [0.1, 0.15) is 6.04 Å². The predicted octanol–water partition coefficient (Wildman–Crippen LogP) is 1.30. The first kappa shape index (κ1) is 15.0. The van der Waals surface area contributed by atoms with Gasteiger partial charge in [0.05, 0.1) is 0 Å². The average Bonchev–Trinajstić information content (AvgIpc) is 2.89. The molecular weight excluding hydrogens is 278 g/mol. The molecule has 2 aliphatic heterocycles. The molecule has 0 bridgehead atoms. The second-order valence-corrected chi connectivity index (χ2v) is 6.25. The number of anilines is 1. The first-order chi connectivity index (χ1) is 10.6. The van der Waals surface area contributed by atoms with Crippen LogP contribution in [0.4, 0.5) is 5.69 Å². The Morgan fingerprint density at radius 2 is 2.05 bits per heavy atom. The summed E-state index contributed by atoms with van der Waals surface area (Å²) < 4.78 is 0. The van der Waals surface area contributed by atoms with E-state index in [1.54, 1.807) is 4.90 Å². The van der Waals surface area contributed by atoms with Crippen molar-refractivity contribution >= 4 is 17.5 Å². The minimum absolute atomic E-state index is 0.00142. The highest BCUT2D eigenvalue weighted by atomic mass is 16.2. The topological polar surface area (TPSA) is 61.4 Å². The van der Waals surface area contributed by atoms with Crippen LogP contribution in [0.3, 0.4) is 0 Å². The van der Waals surface area contributed by atoms with Crippen LogP contribution in [-0.2, 0) is 9.59 Å². The Balaban J connectivity index is 1.60. The van der Waals surface area contributed by atoms with Gasteiger partial charge in [0.2, 0.25) is 11.8 Å². The number of hydrogen-bond acceptors (Lipinski definition) is 3. The van der Waals surface area contributed by atoms with E-state index >= 15 is 0 Å². The van der Waals surface area contributed by atoms with Crippen molar-refractivity contribution in [2.75, 3.05) is 18.0 Å². The van der Waals surface area contributed by atoms with Crippen molar-refractivity contribution in [3.8, 4) is 0 Å². The molecule has 1 aromatic rings. The maximum Gasteiger partial charge on any atom is 0.249 e. The van der Waals surface area contributed by atoms with Crippen molar-refractivity contribution in [2.24, 2.45) is 5.92 Å². The average molecular weight is 301 g/mol. The highest BCUT2D eigenvalue weighted by Gasteiger charge is 2.35. The Hall–Kier alpha value is -1.88. The van der Waals surface area contributed by atoms with Crippen LogP contribution < -0.4 is 15.5 Å². The maximum atomic E-state index is 12.5. The molecule has 1 aromatic carbocycles. The zero-order valence-electron chi connectivity index (χ0n) is 12.9. The zero-order valence-corrected chi connectivity index (χ0v) is 12.9. The largest absolute Gasteiger partial charge is 0.344 e. The summed E-state index contributed by atoms with van der Waals surface area (Å²) in [5.41, 5.74) is 0.903. The van der Waals surface area contributed by atoms with E-state index in [1.807, 2.05) is 30.3 Å². The maximum absolute atomic E-state index is 12.5. The molecule has 22 heavy (non-hydrogen) atoms. The number of benzene rings is 1. The fraction of sp³-hybridized carbons (Fsp3) is 0.529. The van der Waals surface area contributed by atoms with Gasteiger partial charge in [-0.15, -0.1) is 0 Å². The van der Waals surface area contributed by atoms with Crippen LogP contribution in [0, 0.1) is 5.92 Å². The third-order valence-corrected chi connectivity index (χ3v) is 4.58. The molecule has 5 heteroatoms. The van der Waals surface area contributed by atoms with Crippen LogP contribution in [0.1, 0.15) is 26.2 Å². The van der Waals surface area contributed by atoms with Crippen molar-refractivity contribution in [3.63, 3.8) is 0 Å². The standard InChI is InChI=1S/C17H23N3O2/c1-12-11-13(7-9-18-12)16(21)19-15-8-10-20(17(15)22)14-5-3-2-4-6-14/h2-6,12-13,15,18H,7-11H2,1H3,(H,19,21)/t12-,13-,15?/m0/s1. The molecule has 0 aliphatic carbocycles. The molecule has 118 valence electrons. The van der Waals surface area contributed by atoms with Gasteiger partial charge >= 0.3 is 0 Å². The summed E-state index contributed by atoms with van der Waals surface area (Å²) in [5.74, 6) is 0.0537. The molecule has 2 N–H and O–H groups in total. The van der Waals surface area contributed by atoms with E-state index in [1.165, 1.54) is 0 Å². The van der Waals surface area contributed by atoms with Crippen LogP contribution in [0.15, 0.2) is 30.3 Å². The molecule has 3 atom stereocenters. The van der Waals surface area contributed by atoms with Gasteiger partial charge in [-0.05, 0) is 44.9 Å². The molecule has 5 nitrogen and oxygen atoms in total. The smallest absolute Gasteiger partial charge is 0.249 e. The van der Waals surface area contributed by atoms with E-state index in [0.29, 0.717) is 19.0 Å². The van der Waals surface area contributed by atoms with Gasteiger partial charge in [0, 0.05) is 24.2 Å². The third kappa shape index (κ3) is 3.14. The number of piperidine rings is 1. The second-order valence-electron chi connectivity index (χ2n) is 6.25. The molecule has 3 rings (SSSR count). The predicted molar refractivity (Wildman–Crippen MR) is 85.5 cm³/mol. The van der Waals surface area contributed by atoms with E-state index in [4.69, 9.17) is 0 Å². The van der Waals surface area contributed by atoms with Crippen LogP contribution >= 0.6 is 0 Å². The fourth-order valence-electron chi connectivity index (χ4n) is 3.34. The highest BCUT2D eigenvalue weighted by molar-refractivity contribution is 6.01. The number of nitrogens with zero attached hydrogens (tertiary/aromatic N) is 1. The number of carbonyl (C=O) groups is 2. The van der Waals surface area contributed by atoms with E-state index in [9.17, 15) is 9.59 Å². The molecule has 0 saturated carbocycles. The minimum atomic E-state index is -0.377. The first-order valence-electron chi connectivity index (χ1n) is 8.05. The lowest BCUT2D eigenvalue weighted by atomic mass is 9.92. The van der Waals surface area contributed by atoms with Crippen molar-refractivity contribution in [2.45, 2.75) is 38.3 Å². The number of hydrogen-bond donors (Lipinski definition) is 2. The Bertz CT molecular complexity index is 546. The van der Waals surface area contributed by atoms with Gasteiger partial charge < -0.3 is 15.5 Å². The molecular formula is C17H23N3O2. The van der Waals surface area contributed by atoms with E-state index in [2.05, 4.69) is 17.6 Å². The summed E-state index contributed by atoms with van der Waals surface area (Å²) >= 11 is 0. The SMILES string of the molecule is C[C@H]1C[C@@H](C(=O)NC2CCN(c3ccccc3)C2=O)CCN1. The molecule has 2 aliphatic rings. The molecule has 2 saturated heterocycles. The Morgan fingerprint density at radius 1 is 1.27 bits per heavy atom. The fourth-order valence-corrected chi connectivity index (χ4v) is 3.34. The molecule has 2 amide bonds. The van der Waals surface area contributed by atoms with Crippen molar-refractivity contribution in [1.29, 1.82) is 0 Å². The van der Waals surface area contributed by atoms with Gasteiger partial charge in [0.25, 0.3) is 0 Å². The third-order valence-electron chi connectivity index (χ3n) is 4.58. The Kier molecular flexibility index (Phi) is 4.43. The Morgan fingerprint density at radius 3 is 2.77 bits per heavy atom. The van der Waals surface area contributed by atoms with E-state index in [0.717, 1.165) is 25.1 Å². The van der Waals surface area contributed by atoms with Crippen LogP contribution in [0.25, 0.3) is 0 Å². The monoisotopic (exact) mass is 301 g/mol. The lowest BCUT2D eigenvalue weighted by molar-refractivity contribution is -0.130. The van der Waals surface area contributed by atoms with Crippen molar-refractivity contribution < 1.29 is 9.59 Å². The summed E-state index contributed by atoms with van der Waals surface area (Å²) in [6.07, 6.45) is 2.37. The summed E-state index contributed by atoms with van der Waals surface area (Å²) in [6.45, 7) is 3.63. The second kappa shape index (κ2) is 6.48. The van der Waals surface area contributed by atoms with Gasteiger partial charge in [-0.2, -0.15) is 0 Å². The summed E-state index contributed by atoms with van der Waals surface area (Å²) in [4.78, 5) is 26.6. The molecule has 1 unspecified atom stereocenters. The molecule has 0 spiro atoms. The van der Waals surface area contributed by atoms with Gasteiger partial charge in [-0.1, -0.05) is 18.2 Å². The summed E-state index contributed by atoms with van der Waals surface area (Å²) in [5, 5.41) is 6.30. The summed E-state index contributed by atoms with van der Waals surface area (Å²) in [6, 6.07) is 9.62. The van der Waals surface area contributed by atoms with Crippen molar-refractivity contribution in [1.82, 2.24) is 10.6 Å². The number of amides is 2. The van der Waals surface area contributed by atoms with Crippen molar-refractivity contribution in [3.05, 3.63) is 30.3 Å². The van der Waals surface area contributed by atoms with Gasteiger partial charge in [-0.25, -0.2) is 0 Å². The van der Waals surface area contributed by atoms with Gasteiger partial charge in [0.15, 0.2) is 0 Å². The van der Waals surface area contributed by atoms with Crippen LogP contribution in [0.2, 0.25) is 0 Å². The number of rotatable bonds is 3. The van der Waals surface area contributed by atoms with Gasteiger partial charge in [-0.3, -0.25) is 9.59 Å².